The number of hydrogen-bond donors (Lipinski definition) is 2. The highest BCUT2D eigenvalue weighted by atomic mass is 16.9. The summed E-state index contributed by atoms with van der Waals surface area (Å²) < 4.78 is 16.5. The summed E-state index contributed by atoms with van der Waals surface area (Å²) in [6.07, 6.45) is 0.847. The van der Waals surface area contributed by atoms with E-state index in [2.05, 4.69) is 0 Å². The van der Waals surface area contributed by atoms with Crippen molar-refractivity contribution in [1.82, 2.24) is 0 Å². The fraction of sp³-hybridized carbons (Fsp3) is 1.00. The van der Waals surface area contributed by atoms with Crippen LogP contribution >= 0.6 is 0 Å². The van der Waals surface area contributed by atoms with E-state index in [1.54, 1.807) is 0 Å². The molecule has 0 heterocycles. The van der Waals surface area contributed by atoms with E-state index < -0.39 is 5.97 Å². The number of hydrogen-bond acceptors (Lipinski definition) is 5. The van der Waals surface area contributed by atoms with Gasteiger partial charge >= 0.3 is 0 Å². The molecule has 2 N–H and O–H groups in total. The SMILES string of the molecule is CCCOC(OCCO)(OCCO)C(C)C. The third kappa shape index (κ3) is 5.23. The maximum atomic E-state index is 8.78. The maximum Gasteiger partial charge on any atom is 0.285 e. The Kier molecular flexibility index (Phi) is 8.78. The molecule has 0 spiro atoms. The minimum absolute atomic E-state index is 0.0304. The molecule has 0 saturated heterocycles. The van der Waals surface area contributed by atoms with Crippen LogP contribution in [0.25, 0.3) is 0 Å². The van der Waals surface area contributed by atoms with E-state index in [1.807, 2.05) is 20.8 Å². The largest absolute Gasteiger partial charge is 0.394 e. The van der Waals surface area contributed by atoms with Crippen LogP contribution in [-0.4, -0.2) is 49.2 Å². The average molecular weight is 236 g/mol. The summed E-state index contributed by atoms with van der Waals surface area (Å²) in [4.78, 5) is 0. The summed E-state index contributed by atoms with van der Waals surface area (Å²) in [5, 5.41) is 17.6. The molecule has 0 rings (SSSR count). The Bertz CT molecular complexity index is 139. The Labute approximate surface area is 97.3 Å². The van der Waals surface area contributed by atoms with Gasteiger partial charge in [0.1, 0.15) is 0 Å². The summed E-state index contributed by atoms with van der Waals surface area (Å²) in [6, 6.07) is 0. The molecule has 0 aromatic rings. The maximum absolute atomic E-state index is 8.78. The zero-order valence-electron chi connectivity index (χ0n) is 10.4. The van der Waals surface area contributed by atoms with Gasteiger partial charge in [0.15, 0.2) is 0 Å². The van der Waals surface area contributed by atoms with Gasteiger partial charge in [0.25, 0.3) is 5.97 Å². The van der Waals surface area contributed by atoms with Crippen molar-refractivity contribution < 1.29 is 24.4 Å². The average Bonchev–Trinajstić information content (AvgIpc) is 2.28. The normalized spacial score (nSPS) is 12.4. The molecule has 16 heavy (non-hydrogen) atoms. The first-order chi connectivity index (χ1) is 7.63. The van der Waals surface area contributed by atoms with Crippen LogP contribution in [0.4, 0.5) is 0 Å². The van der Waals surface area contributed by atoms with Crippen molar-refractivity contribution in [2.75, 3.05) is 33.0 Å². The third-order valence-corrected chi connectivity index (χ3v) is 2.00. The highest BCUT2D eigenvalue weighted by molar-refractivity contribution is 4.63. The zero-order valence-corrected chi connectivity index (χ0v) is 10.4. The van der Waals surface area contributed by atoms with Gasteiger partial charge in [0.2, 0.25) is 0 Å². The van der Waals surface area contributed by atoms with Crippen LogP contribution in [0, 0.1) is 5.92 Å². The molecule has 0 aliphatic rings. The van der Waals surface area contributed by atoms with Crippen LogP contribution in [0.5, 0.6) is 0 Å². The van der Waals surface area contributed by atoms with Gasteiger partial charge in [-0.3, -0.25) is 0 Å². The molecule has 0 bridgehead atoms. The number of ether oxygens (including phenoxy) is 3. The Morgan fingerprint density at radius 1 is 0.938 bits per heavy atom. The third-order valence-electron chi connectivity index (χ3n) is 2.00. The van der Waals surface area contributed by atoms with Gasteiger partial charge in [-0.2, -0.15) is 0 Å². The Hall–Kier alpha value is -0.200. The summed E-state index contributed by atoms with van der Waals surface area (Å²) in [7, 11) is 0. The summed E-state index contributed by atoms with van der Waals surface area (Å²) >= 11 is 0. The van der Waals surface area contributed by atoms with E-state index in [4.69, 9.17) is 24.4 Å². The van der Waals surface area contributed by atoms with Crippen molar-refractivity contribution in [3.05, 3.63) is 0 Å². The molecule has 0 aromatic carbocycles. The highest BCUT2D eigenvalue weighted by Crippen LogP contribution is 2.25. The molecule has 0 radical (unpaired) electrons. The summed E-state index contributed by atoms with van der Waals surface area (Å²) in [6.45, 7) is 6.42. The van der Waals surface area contributed by atoms with Gasteiger partial charge in [-0.25, -0.2) is 0 Å². The molecule has 0 aliphatic heterocycles. The Balaban J connectivity index is 4.46. The van der Waals surface area contributed by atoms with Crippen molar-refractivity contribution in [3.8, 4) is 0 Å². The Morgan fingerprint density at radius 2 is 1.38 bits per heavy atom. The van der Waals surface area contributed by atoms with E-state index >= 15 is 0 Å². The molecule has 0 fully saturated rings. The second-order valence-electron chi connectivity index (χ2n) is 3.75. The van der Waals surface area contributed by atoms with Gasteiger partial charge in [0.05, 0.1) is 33.0 Å². The lowest BCUT2D eigenvalue weighted by Crippen LogP contribution is -2.45. The van der Waals surface area contributed by atoms with E-state index in [-0.39, 0.29) is 32.3 Å². The van der Waals surface area contributed by atoms with Gasteiger partial charge in [0, 0.05) is 5.92 Å². The molecule has 0 amide bonds. The van der Waals surface area contributed by atoms with Crippen molar-refractivity contribution in [3.63, 3.8) is 0 Å². The molecule has 0 saturated carbocycles. The first kappa shape index (κ1) is 15.8. The lowest BCUT2D eigenvalue weighted by Gasteiger charge is -2.36. The lowest BCUT2D eigenvalue weighted by molar-refractivity contribution is -0.402. The minimum Gasteiger partial charge on any atom is -0.394 e. The van der Waals surface area contributed by atoms with Gasteiger partial charge in [-0.05, 0) is 6.42 Å². The number of aliphatic hydroxyl groups is 2. The first-order valence-electron chi connectivity index (χ1n) is 5.76. The molecule has 5 nitrogen and oxygen atoms in total. The molecule has 0 aliphatic carbocycles. The van der Waals surface area contributed by atoms with Crippen molar-refractivity contribution >= 4 is 0 Å². The minimum atomic E-state index is -1.17. The second-order valence-corrected chi connectivity index (χ2v) is 3.75. The van der Waals surface area contributed by atoms with Crippen LogP contribution in [-0.2, 0) is 14.2 Å². The second kappa shape index (κ2) is 8.90. The molecule has 98 valence electrons. The molecule has 0 aromatic heterocycles. The Morgan fingerprint density at radius 3 is 1.69 bits per heavy atom. The van der Waals surface area contributed by atoms with Gasteiger partial charge in [-0.15, -0.1) is 0 Å². The summed E-state index contributed by atoms with van der Waals surface area (Å²) in [5.74, 6) is -1.20. The van der Waals surface area contributed by atoms with Crippen molar-refractivity contribution in [2.45, 2.75) is 33.2 Å². The molecule has 0 unspecified atom stereocenters. The van der Waals surface area contributed by atoms with Gasteiger partial charge in [-0.1, -0.05) is 20.8 Å². The first-order valence-corrected chi connectivity index (χ1v) is 5.76. The lowest BCUT2D eigenvalue weighted by atomic mass is 10.1. The van der Waals surface area contributed by atoms with Crippen LogP contribution < -0.4 is 0 Å². The standard InChI is InChI=1S/C11H24O5/c1-4-7-14-11(10(2)3,15-8-5-12)16-9-6-13/h10,12-13H,4-9H2,1-3H3. The van der Waals surface area contributed by atoms with Crippen LogP contribution in [0.1, 0.15) is 27.2 Å². The quantitative estimate of drug-likeness (QED) is 0.548. The fourth-order valence-corrected chi connectivity index (χ4v) is 1.25. The fourth-order valence-electron chi connectivity index (χ4n) is 1.25. The molecule has 5 heteroatoms. The van der Waals surface area contributed by atoms with Crippen molar-refractivity contribution in [1.29, 1.82) is 0 Å². The smallest absolute Gasteiger partial charge is 0.285 e. The molecule has 0 atom stereocenters. The molecular weight excluding hydrogens is 212 g/mol. The van der Waals surface area contributed by atoms with E-state index in [0.717, 1.165) is 6.42 Å². The van der Waals surface area contributed by atoms with Crippen molar-refractivity contribution in [2.24, 2.45) is 5.92 Å². The van der Waals surface area contributed by atoms with E-state index in [9.17, 15) is 0 Å². The monoisotopic (exact) mass is 236 g/mol. The van der Waals surface area contributed by atoms with Crippen LogP contribution in [0.3, 0.4) is 0 Å². The number of aliphatic hydroxyl groups excluding tert-OH is 2. The highest BCUT2D eigenvalue weighted by Gasteiger charge is 2.37. The topological polar surface area (TPSA) is 68.2 Å². The number of rotatable bonds is 10. The van der Waals surface area contributed by atoms with E-state index in [1.165, 1.54) is 0 Å². The predicted molar refractivity (Wildman–Crippen MR) is 59.9 cm³/mol. The van der Waals surface area contributed by atoms with Gasteiger partial charge < -0.3 is 24.4 Å². The van der Waals surface area contributed by atoms with Crippen LogP contribution in [0.2, 0.25) is 0 Å². The zero-order chi connectivity index (χ0) is 12.4. The summed E-state index contributed by atoms with van der Waals surface area (Å²) in [5.41, 5.74) is 0. The predicted octanol–water partition coefficient (Wildman–Crippen LogP) is 0.741. The van der Waals surface area contributed by atoms with E-state index in [0.29, 0.717) is 6.61 Å². The molecular formula is C11H24O5. The van der Waals surface area contributed by atoms with Crippen LogP contribution in [0.15, 0.2) is 0 Å².